The zero-order valence-corrected chi connectivity index (χ0v) is 14.3. The highest BCUT2D eigenvalue weighted by molar-refractivity contribution is 5.30. The molecule has 0 radical (unpaired) electrons. The molecule has 3 unspecified atom stereocenters. The second kappa shape index (κ2) is 7.75. The molecule has 0 saturated heterocycles. The van der Waals surface area contributed by atoms with E-state index in [2.05, 4.69) is 29.4 Å². The molecule has 128 valence electrons. The van der Waals surface area contributed by atoms with Crippen molar-refractivity contribution >= 4 is 0 Å². The van der Waals surface area contributed by atoms with Gasteiger partial charge in [0.05, 0.1) is 6.61 Å². The minimum Gasteiger partial charge on any atom is -0.494 e. The maximum Gasteiger partial charge on any atom is 0.212 e. The molecular weight excluding hydrogens is 303 g/mol. The van der Waals surface area contributed by atoms with Gasteiger partial charge in [0.15, 0.2) is 0 Å². The highest BCUT2D eigenvalue weighted by Crippen LogP contribution is 2.35. The molecule has 3 nitrogen and oxygen atoms in total. The van der Waals surface area contributed by atoms with Crippen molar-refractivity contribution in [3.8, 4) is 5.75 Å². The average Bonchev–Trinajstić information content (AvgIpc) is 3.04. The highest BCUT2D eigenvalue weighted by Gasteiger charge is 2.27. The lowest BCUT2D eigenvalue weighted by atomic mass is 9.99. The Hall–Kier alpha value is -1.94. The van der Waals surface area contributed by atoms with Crippen LogP contribution in [-0.2, 0) is 0 Å². The number of ether oxygens (including phenoxy) is 1. The largest absolute Gasteiger partial charge is 0.494 e. The fraction of sp³-hybridized carbons (Fsp3) is 0.450. The van der Waals surface area contributed by atoms with Gasteiger partial charge in [-0.15, -0.1) is 0 Å². The molecule has 0 bridgehead atoms. The lowest BCUT2D eigenvalue weighted by Crippen LogP contribution is -2.29. The lowest BCUT2D eigenvalue weighted by molar-refractivity contribution is 0.339. The van der Waals surface area contributed by atoms with Gasteiger partial charge in [-0.05, 0) is 68.4 Å². The van der Waals surface area contributed by atoms with E-state index in [1.165, 1.54) is 11.6 Å². The van der Waals surface area contributed by atoms with E-state index in [0.29, 0.717) is 18.6 Å². The third-order valence-corrected chi connectivity index (χ3v) is 4.81. The van der Waals surface area contributed by atoms with Crippen LogP contribution in [0.3, 0.4) is 0 Å². The maximum atomic E-state index is 13.0. The lowest BCUT2D eigenvalue weighted by Gasteiger charge is -2.20. The predicted octanol–water partition coefficient (Wildman–Crippen LogP) is 4.61. The molecule has 3 rings (SSSR count). The summed E-state index contributed by atoms with van der Waals surface area (Å²) in [6.07, 6.45) is 5.01. The molecule has 0 amide bonds. The molecule has 1 aromatic carbocycles. The van der Waals surface area contributed by atoms with Crippen LogP contribution in [0.5, 0.6) is 5.75 Å². The highest BCUT2D eigenvalue weighted by atomic mass is 19.1. The molecule has 0 aliphatic heterocycles. The van der Waals surface area contributed by atoms with E-state index in [1.54, 1.807) is 6.20 Å². The third kappa shape index (κ3) is 4.12. The van der Waals surface area contributed by atoms with Crippen LogP contribution in [0.4, 0.5) is 4.39 Å². The van der Waals surface area contributed by atoms with Crippen molar-refractivity contribution in [1.82, 2.24) is 10.3 Å². The van der Waals surface area contributed by atoms with Crippen molar-refractivity contribution in [2.75, 3.05) is 6.61 Å². The quantitative estimate of drug-likeness (QED) is 0.787. The van der Waals surface area contributed by atoms with Gasteiger partial charge in [-0.25, -0.2) is 4.98 Å². The summed E-state index contributed by atoms with van der Waals surface area (Å²) in [6.45, 7) is 4.87. The van der Waals surface area contributed by atoms with Gasteiger partial charge in [0.2, 0.25) is 5.95 Å². The molecule has 24 heavy (non-hydrogen) atoms. The molecule has 1 aromatic heterocycles. The zero-order valence-electron chi connectivity index (χ0n) is 14.3. The van der Waals surface area contributed by atoms with E-state index in [0.717, 1.165) is 30.6 Å². The minimum absolute atomic E-state index is 0.278. The van der Waals surface area contributed by atoms with Gasteiger partial charge in [0.1, 0.15) is 5.75 Å². The molecule has 1 fully saturated rings. The summed E-state index contributed by atoms with van der Waals surface area (Å²) in [5, 5.41) is 3.73. The maximum absolute atomic E-state index is 13.0. The van der Waals surface area contributed by atoms with Crippen LogP contribution in [0.2, 0.25) is 0 Å². The Morgan fingerprint density at radius 3 is 2.92 bits per heavy atom. The summed E-state index contributed by atoms with van der Waals surface area (Å²) < 4.78 is 18.5. The van der Waals surface area contributed by atoms with Crippen molar-refractivity contribution in [2.45, 2.75) is 51.1 Å². The average molecular weight is 328 g/mol. The first-order chi connectivity index (χ1) is 11.7. The monoisotopic (exact) mass is 328 g/mol. The Morgan fingerprint density at radius 2 is 2.17 bits per heavy atom. The normalized spacial score (nSPS) is 21.6. The van der Waals surface area contributed by atoms with Crippen molar-refractivity contribution in [2.24, 2.45) is 0 Å². The van der Waals surface area contributed by atoms with E-state index in [-0.39, 0.29) is 6.04 Å². The molecule has 1 heterocycles. The predicted molar refractivity (Wildman–Crippen MR) is 93.7 cm³/mol. The van der Waals surface area contributed by atoms with Gasteiger partial charge < -0.3 is 10.1 Å². The first kappa shape index (κ1) is 16.9. The molecule has 2 aromatic rings. The first-order valence-electron chi connectivity index (χ1n) is 8.76. The zero-order chi connectivity index (χ0) is 16.9. The number of halogens is 1. The van der Waals surface area contributed by atoms with Crippen molar-refractivity contribution in [3.63, 3.8) is 0 Å². The second-order valence-corrected chi connectivity index (χ2v) is 6.52. The van der Waals surface area contributed by atoms with Gasteiger partial charge in [-0.3, -0.25) is 0 Å². The smallest absolute Gasteiger partial charge is 0.212 e. The van der Waals surface area contributed by atoms with Crippen LogP contribution in [-0.4, -0.2) is 17.6 Å². The van der Waals surface area contributed by atoms with Crippen molar-refractivity contribution in [3.05, 3.63) is 59.7 Å². The number of rotatable bonds is 6. The fourth-order valence-electron chi connectivity index (χ4n) is 3.55. The summed E-state index contributed by atoms with van der Waals surface area (Å²) in [7, 11) is 0. The second-order valence-electron chi connectivity index (χ2n) is 6.52. The molecular formula is C20H25FN2O. The minimum atomic E-state index is -0.408. The summed E-state index contributed by atoms with van der Waals surface area (Å²) in [5.74, 6) is 0.983. The third-order valence-electron chi connectivity index (χ3n) is 4.81. The first-order valence-corrected chi connectivity index (χ1v) is 8.76. The summed E-state index contributed by atoms with van der Waals surface area (Å²) in [4.78, 5) is 3.78. The molecule has 1 saturated carbocycles. The number of aromatic nitrogens is 1. The van der Waals surface area contributed by atoms with Gasteiger partial charge in [-0.1, -0.05) is 18.2 Å². The van der Waals surface area contributed by atoms with E-state index in [4.69, 9.17) is 4.74 Å². The van der Waals surface area contributed by atoms with Crippen LogP contribution >= 0.6 is 0 Å². The molecule has 0 spiro atoms. The topological polar surface area (TPSA) is 34.1 Å². The SMILES string of the molecule is CCOc1cccc(C(C)NC2CCC(c3ccc(F)nc3)C2)c1. The molecule has 3 atom stereocenters. The summed E-state index contributed by atoms with van der Waals surface area (Å²) >= 11 is 0. The molecule has 1 aliphatic carbocycles. The van der Waals surface area contributed by atoms with Crippen molar-refractivity contribution in [1.29, 1.82) is 0 Å². The van der Waals surface area contributed by atoms with E-state index in [9.17, 15) is 4.39 Å². The number of hydrogen-bond acceptors (Lipinski definition) is 3. The Balaban J connectivity index is 1.58. The number of nitrogens with one attached hydrogen (secondary N) is 1. The Labute approximate surface area is 143 Å². The Bertz CT molecular complexity index is 659. The van der Waals surface area contributed by atoms with Gasteiger partial charge in [0, 0.05) is 18.3 Å². The molecule has 1 N–H and O–H groups in total. The van der Waals surface area contributed by atoms with Crippen LogP contribution in [0.25, 0.3) is 0 Å². The fourth-order valence-corrected chi connectivity index (χ4v) is 3.55. The number of nitrogens with zero attached hydrogens (tertiary/aromatic N) is 1. The number of hydrogen-bond donors (Lipinski definition) is 1. The molecule has 4 heteroatoms. The van der Waals surface area contributed by atoms with E-state index < -0.39 is 5.95 Å². The van der Waals surface area contributed by atoms with Gasteiger partial charge in [-0.2, -0.15) is 4.39 Å². The number of pyridine rings is 1. The van der Waals surface area contributed by atoms with Gasteiger partial charge >= 0.3 is 0 Å². The van der Waals surface area contributed by atoms with Crippen LogP contribution in [0.15, 0.2) is 42.6 Å². The van der Waals surface area contributed by atoms with Crippen LogP contribution in [0.1, 0.15) is 56.2 Å². The number of benzene rings is 1. The molecule has 1 aliphatic rings. The summed E-state index contributed by atoms with van der Waals surface area (Å²) in [5.41, 5.74) is 2.39. The Morgan fingerprint density at radius 1 is 1.29 bits per heavy atom. The van der Waals surface area contributed by atoms with Crippen LogP contribution < -0.4 is 10.1 Å². The van der Waals surface area contributed by atoms with E-state index >= 15 is 0 Å². The Kier molecular flexibility index (Phi) is 5.46. The van der Waals surface area contributed by atoms with Crippen molar-refractivity contribution < 1.29 is 9.13 Å². The van der Waals surface area contributed by atoms with E-state index in [1.807, 2.05) is 25.1 Å². The summed E-state index contributed by atoms with van der Waals surface area (Å²) in [6, 6.07) is 12.4. The van der Waals surface area contributed by atoms with Crippen LogP contribution in [0, 0.1) is 5.95 Å². The standard InChI is InChI=1S/C20H25FN2O/c1-3-24-19-6-4-5-15(12-19)14(2)23-18-9-7-16(11-18)17-8-10-20(21)22-13-17/h4-6,8,10,12-14,16,18,23H,3,7,9,11H2,1-2H3. The van der Waals surface area contributed by atoms with Gasteiger partial charge in [0.25, 0.3) is 0 Å².